The van der Waals surface area contributed by atoms with Gasteiger partial charge in [0.1, 0.15) is 6.10 Å². The average Bonchev–Trinajstić information content (AvgIpc) is 3.18. The summed E-state index contributed by atoms with van der Waals surface area (Å²) in [4.78, 5) is 12.0. The Kier molecular flexibility index (Phi) is 3.62. The number of nitriles is 1. The molecular weight excluding hydrogens is 272 g/mol. The van der Waals surface area contributed by atoms with Crippen LogP contribution in [0.2, 0.25) is 0 Å². The van der Waals surface area contributed by atoms with Crippen LogP contribution in [0.4, 0.5) is 6.01 Å². The van der Waals surface area contributed by atoms with Gasteiger partial charge in [0.05, 0.1) is 11.6 Å². The summed E-state index contributed by atoms with van der Waals surface area (Å²) in [7, 11) is 0. The molecule has 1 aliphatic rings. The molecule has 1 atom stereocenters. The van der Waals surface area contributed by atoms with Gasteiger partial charge in [0.25, 0.3) is 5.91 Å². The van der Waals surface area contributed by atoms with Crippen LogP contribution in [-0.4, -0.2) is 22.7 Å². The minimum absolute atomic E-state index is 0.0369. The summed E-state index contributed by atoms with van der Waals surface area (Å²) in [5.74, 6) is 0.00431. The van der Waals surface area contributed by atoms with Crippen molar-refractivity contribution in [1.82, 2.24) is 10.2 Å². The Bertz CT molecular complexity index is 681. The summed E-state index contributed by atoms with van der Waals surface area (Å²) in [6.07, 6.45) is 1.61. The van der Waals surface area contributed by atoms with Crippen LogP contribution in [0.15, 0.2) is 28.7 Å². The number of ether oxygens (including phenoxy) is 1. The van der Waals surface area contributed by atoms with E-state index < -0.39 is 0 Å². The third kappa shape index (κ3) is 2.90. The Hall–Kier alpha value is -2.72. The van der Waals surface area contributed by atoms with E-state index in [2.05, 4.69) is 15.5 Å². The first-order valence-electron chi connectivity index (χ1n) is 6.53. The van der Waals surface area contributed by atoms with Gasteiger partial charge >= 0.3 is 6.01 Å². The fourth-order valence-electron chi connectivity index (χ4n) is 2.05. The van der Waals surface area contributed by atoms with Crippen molar-refractivity contribution in [3.05, 3.63) is 41.3 Å². The number of anilines is 1. The van der Waals surface area contributed by atoms with E-state index in [1.807, 2.05) is 6.07 Å². The van der Waals surface area contributed by atoms with Crippen molar-refractivity contribution in [3.63, 3.8) is 0 Å². The van der Waals surface area contributed by atoms with Gasteiger partial charge in [-0.2, -0.15) is 5.26 Å². The number of nitrogens with one attached hydrogen (secondary N) is 1. The maximum Gasteiger partial charge on any atom is 0.322 e. The van der Waals surface area contributed by atoms with Crippen LogP contribution in [-0.2, 0) is 4.74 Å². The highest BCUT2D eigenvalue weighted by molar-refractivity contribution is 6.03. The standard InChI is InChI=1S/C14H12N4O3/c15-8-9-3-5-10(6-4-9)12(19)16-14-18-17-13(21-14)11-2-1-7-20-11/h3-6,11H,1-2,7H2,(H,16,18,19). The molecule has 106 valence electrons. The van der Waals surface area contributed by atoms with E-state index in [0.29, 0.717) is 23.6 Å². The normalized spacial score (nSPS) is 17.4. The van der Waals surface area contributed by atoms with Gasteiger partial charge in [0.2, 0.25) is 5.89 Å². The molecule has 2 aromatic rings. The maximum atomic E-state index is 12.0. The highest BCUT2D eigenvalue weighted by Crippen LogP contribution is 2.28. The van der Waals surface area contributed by atoms with Crippen molar-refractivity contribution < 1.29 is 13.9 Å². The Labute approximate surface area is 120 Å². The van der Waals surface area contributed by atoms with Crippen molar-refractivity contribution >= 4 is 11.9 Å². The lowest BCUT2D eigenvalue weighted by atomic mass is 10.1. The molecule has 1 saturated heterocycles. The lowest BCUT2D eigenvalue weighted by Gasteiger charge is -2.02. The van der Waals surface area contributed by atoms with Crippen molar-refractivity contribution in [1.29, 1.82) is 5.26 Å². The Morgan fingerprint density at radius 1 is 1.33 bits per heavy atom. The largest absolute Gasteiger partial charge is 0.405 e. The van der Waals surface area contributed by atoms with Gasteiger partial charge < -0.3 is 9.15 Å². The van der Waals surface area contributed by atoms with E-state index in [9.17, 15) is 4.79 Å². The molecular formula is C14H12N4O3. The molecule has 0 saturated carbocycles. The summed E-state index contributed by atoms with van der Waals surface area (Å²) >= 11 is 0. The fourth-order valence-corrected chi connectivity index (χ4v) is 2.05. The molecule has 1 amide bonds. The van der Waals surface area contributed by atoms with Crippen molar-refractivity contribution in [2.24, 2.45) is 0 Å². The number of benzene rings is 1. The molecule has 2 heterocycles. The minimum atomic E-state index is -0.373. The van der Waals surface area contributed by atoms with E-state index in [1.54, 1.807) is 24.3 Å². The van der Waals surface area contributed by atoms with Crippen LogP contribution < -0.4 is 5.32 Å². The first-order chi connectivity index (χ1) is 10.3. The van der Waals surface area contributed by atoms with Gasteiger partial charge in [0.15, 0.2) is 0 Å². The second-order valence-corrected chi connectivity index (χ2v) is 4.59. The third-order valence-electron chi connectivity index (χ3n) is 3.14. The molecule has 7 nitrogen and oxygen atoms in total. The van der Waals surface area contributed by atoms with E-state index in [0.717, 1.165) is 12.8 Å². The zero-order valence-corrected chi connectivity index (χ0v) is 11.1. The molecule has 0 aliphatic carbocycles. The van der Waals surface area contributed by atoms with Crippen molar-refractivity contribution in [2.45, 2.75) is 18.9 Å². The van der Waals surface area contributed by atoms with Crippen LogP contribution in [0.3, 0.4) is 0 Å². The number of amides is 1. The molecule has 21 heavy (non-hydrogen) atoms. The summed E-state index contributed by atoms with van der Waals surface area (Å²) in [6.45, 7) is 0.681. The number of nitrogens with zero attached hydrogens (tertiary/aromatic N) is 3. The number of rotatable bonds is 3. The van der Waals surface area contributed by atoms with E-state index in [4.69, 9.17) is 14.4 Å². The lowest BCUT2D eigenvalue weighted by Crippen LogP contribution is -2.12. The quantitative estimate of drug-likeness (QED) is 0.925. The lowest BCUT2D eigenvalue weighted by molar-refractivity contribution is 0.0893. The molecule has 1 aliphatic heterocycles. The fraction of sp³-hybridized carbons (Fsp3) is 0.286. The molecule has 1 N–H and O–H groups in total. The van der Waals surface area contributed by atoms with Gasteiger partial charge in [-0.25, -0.2) is 0 Å². The third-order valence-corrected chi connectivity index (χ3v) is 3.14. The molecule has 3 rings (SSSR count). The van der Waals surface area contributed by atoms with Crippen LogP contribution in [0, 0.1) is 11.3 Å². The highest BCUT2D eigenvalue weighted by Gasteiger charge is 2.24. The number of aromatic nitrogens is 2. The first-order valence-corrected chi connectivity index (χ1v) is 6.53. The second-order valence-electron chi connectivity index (χ2n) is 4.59. The Balaban J connectivity index is 1.68. The van der Waals surface area contributed by atoms with Gasteiger partial charge in [-0.15, -0.1) is 5.10 Å². The number of carbonyl (C=O) groups is 1. The monoisotopic (exact) mass is 284 g/mol. The molecule has 1 aromatic heterocycles. The topological polar surface area (TPSA) is 101 Å². The van der Waals surface area contributed by atoms with Gasteiger partial charge in [-0.3, -0.25) is 10.1 Å². The summed E-state index contributed by atoms with van der Waals surface area (Å²) in [6, 6.07) is 8.29. The van der Waals surface area contributed by atoms with Gasteiger partial charge in [0, 0.05) is 12.2 Å². The van der Waals surface area contributed by atoms with Crippen LogP contribution in [0.1, 0.15) is 40.8 Å². The number of carbonyl (C=O) groups excluding carboxylic acids is 1. The molecule has 1 aromatic carbocycles. The van der Waals surface area contributed by atoms with E-state index in [1.165, 1.54) is 0 Å². The molecule has 1 fully saturated rings. The first kappa shape index (κ1) is 13.3. The van der Waals surface area contributed by atoms with Crippen LogP contribution >= 0.6 is 0 Å². The number of hydrogen-bond donors (Lipinski definition) is 1. The minimum Gasteiger partial charge on any atom is -0.405 e. The van der Waals surface area contributed by atoms with E-state index in [-0.39, 0.29) is 18.0 Å². The zero-order chi connectivity index (χ0) is 14.7. The molecule has 7 heteroatoms. The zero-order valence-electron chi connectivity index (χ0n) is 11.1. The Morgan fingerprint density at radius 3 is 2.81 bits per heavy atom. The predicted molar refractivity (Wildman–Crippen MR) is 71.3 cm³/mol. The Morgan fingerprint density at radius 2 is 2.14 bits per heavy atom. The van der Waals surface area contributed by atoms with Crippen molar-refractivity contribution in [2.75, 3.05) is 11.9 Å². The second kappa shape index (κ2) is 5.73. The molecule has 1 unspecified atom stereocenters. The summed E-state index contributed by atoms with van der Waals surface area (Å²) in [5, 5.41) is 18.9. The van der Waals surface area contributed by atoms with Crippen LogP contribution in [0.25, 0.3) is 0 Å². The van der Waals surface area contributed by atoms with Crippen LogP contribution in [0.5, 0.6) is 0 Å². The molecule has 0 bridgehead atoms. The summed E-state index contributed by atoms with van der Waals surface area (Å²) in [5.41, 5.74) is 0.899. The number of hydrogen-bond acceptors (Lipinski definition) is 6. The van der Waals surface area contributed by atoms with Crippen molar-refractivity contribution in [3.8, 4) is 6.07 Å². The predicted octanol–water partition coefficient (Wildman–Crippen LogP) is 2.05. The smallest absolute Gasteiger partial charge is 0.322 e. The van der Waals surface area contributed by atoms with Gasteiger partial charge in [-0.1, -0.05) is 5.10 Å². The van der Waals surface area contributed by atoms with Gasteiger partial charge in [-0.05, 0) is 37.1 Å². The molecule has 0 spiro atoms. The maximum absolute atomic E-state index is 12.0. The molecule has 0 radical (unpaired) electrons. The van der Waals surface area contributed by atoms with E-state index >= 15 is 0 Å². The summed E-state index contributed by atoms with van der Waals surface area (Å²) < 4.78 is 10.8. The SMILES string of the molecule is N#Cc1ccc(C(=O)Nc2nnc(C3CCCO3)o2)cc1. The average molecular weight is 284 g/mol. The highest BCUT2D eigenvalue weighted by atomic mass is 16.5.